The normalized spacial score (nSPS) is 10.7. The van der Waals surface area contributed by atoms with Gasteiger partial charge < -0.3 is 9.47 Å². The summed E-state index contributed by atoms with van der Waals surface area (Å²) >= 11 is 0. The first kappa shape index (κ1) is 18.4. The molecular formula is C22H17N3O4. The van der Waals surface area contributed by atoms with Crippen molar-refractivity contribution in [1.82, 2.24) is 9.97 Å². The standard InChI is InChI=1S/C22H17N3O4/c1-14-10-11-17(12-15(14)2)28-21-20(25(26)27)22(24-13-23-21)29-19-9-5-7-16-6-3-4-8-18(16)19/h3-13H,1-2H3. The molecule has 0 aliphatic carbocycles. The average molecular weight is 387 g/mol. The van der Waals surface area contributed by atoms with Crippen LogP contribution < -0.4 is 9.47 Å². The van der Waals surface area contributed by atoms with E-state index in [2.05, 4.69) is 9.97 Å². The maximum Gasteiger partial charge on any atom is 0.393 e. The summed E-state index contributed by atoms with van der Waals surface area (Å²) in [6.45, 7) is 3.91. The van der Waals surface area contributed by atoms with Crippen LogP contribution in [0, 0.1) is 24.0 Å². The lowest BCUT2D eigenvalue weighted by molar-refractivity contribution is -0.387. The number of aromatic nitrogens is 2. The molecule has 4 rings (SSSR count). The molecular weight excluding hydrogens is 370 g/mol. The van der Waals surface area contributed by atoms with Crippen LogP contribution in [-0.2, 0) is 0 Å². The Morgan fingerprint density at radius 2 is 1.59 bits per heavy atom. The number of nitro groups is 1. The van der Waals surface area contributed by atoms with Gasteiger partial charge in [-0.05, 0) is 48.6 Å². The molecule has 0 bridgehead atoms. The summed E-state index contributed by atoms with van der Waals surface area (Å²) in [5, 5.41) is 13.5. The zero-order chi connectivity index (χ0) is 20.4. The van der Waals surface area contributed by atoms with Crippen molar-refractivity contribution in [1.29, 1.82) is 0 Å². The Bertz CT molecular complexity index is 1220. The van der Waals surface area contributed by atoms with Gasteiger partial charge in [-0.3, -0.25) is 10.1 Å². The molecule has 144 valence electrons. The number of hydrogen-bond donors (Lipinski definition) is 0. The maximum atomic E-state index is 11.8. The van der Waals surface area contributed by atoms with Gasteiger partial charge in [0.25, 0.3) is 0 Å². The van der Waals surface area contributed by atoms with Crippen molar-refractivity contribution in [3.63, 3.8) is 0 Å². The van der Waals surface area contributed by atoms with E-state index in [9.17, 15) is 10.1 Å². The largest absolute Gasteiger partial charge is 0.433 e. The number of hydrogen-bond acceptors (Lipinski definition) is 6. The molecule has 0 amide bonds. The number of rotatable bonds is 5. The fourth-order valence-corrected chi connectivity index (χ4v) is 2.93. The minimum Gasteiger partial charge on any atom is -0.433 e. The molecule has 0 fully saturated rings. The summed E-state index contributed by atoms with van der Waals surface area (Å²) < 4.78 is 11.5. The van der Waals surface area contributed by atoms with Crippen LogP contribution in [-0.4, -0.2) is 14.9 Å². The van der Waals surface area contributed by atoms with E-state index in [1.54, 1.807) is 18.2 Å². The van der Waals surface area contributed by atoms with Gasteiger partial charge in [0.05, 0.1) is 4.92 Å². The first-order chi connectivity index (χ1) is 14.0. The van der Waals surface area contributed by atoms with Gasteiger partial charge in [-0.1, -0.05) is 42.5 Å². The Morgan fingerprint density at radius 3 is 2.34 bits per heavy atom. The third-order valence-corrected chi connectivity index (χ3v) is 4.59. The molecule has 1 aromatic heterocycles. The molecule has 0 atom stereocenters. The summed E-state index contributed by atoms with van der Waals surface area (Å²) in [4.78, 5) is 19.1. The molecule has 0 unspecified atom stereocenters. The molecule has 0 saturated carbocycles. The topological polar surface area (TPSA) is 87.4 Å². The average Bonchev–Trinajstić information content (AvgIpc) is 2.71. The minimum absolute atomic E-state index is 0.177. The molecule has 0 aliphatic rings. The highest BCUT2D eigenvalue weighted by molar-refractivity contribution is 5.88. The lowest BCUT2D eigenvalue weighted by Gasteiger charge is -2.11. The van der Waals surface area contributed by atoms with Gasteiger partial charge in [0, 0.05) is 5.39 Å². The van der Waals surface area contributed by atoms with Crippen molar-refractivity contribution < 1.29 is 14.4 Å². The molecule has 29 heavy (non-hydrogen) atoms. The highest BCUT2D eigenvalue weighted by atomic mass is 16.6. The minimum atomic E-state index is -0.600. The lowest BCUT2D eigenvalue weighted by atomic mass is 10.1. The Hall–Kier alpha value is -4.00. The van der Waals surface area contributed by atoms with Crippen molar-refractivity contribution in [2.45, 2.75) is 13.8 Å². The van der Waals surface area contributed by atoms with Crippen molar-refractivity contribution in [2.75, 3.05) is 0 Å². The van der Waals surface area contributed by atoms with Crippen LogP contribution >= 0.6 is 0 Å². The van der Waals surface area contributed by atoms with E-state index in [-0.39, 0.29) is 11.8 Å². The van der Waals surface area contributed by atoms with Crippen LogP contribution in [0.3, 0.4) is 0 Å². The van der Waals surface area contributed by atoms with Crippen molar-refractivity contribution in [3.8, 4) is 23.3 Å². The first-order valence-electron chi connectivity index (χ1n) is 8.93. The van der Waals surface area contributed by atoms with Crippen molar-refractivity contribution >= 4 is 16.5 Å². The van der Waals surface area contributed by atoms with E-state index in [1.807, 2.05) is 56.3 Å². The van der Waals surface area contributed by atoms with E-state index in [4.69, 9.17) is 9.47 Å². The van der Waals surface area contributed by atoms with E-state index in [1.165, 1.54) is 6.33 Å². The van der Waals surface area contributed by atoms with Crippen LogP contribution in [0.25, 0.3) is 10.8 Å². The number of nitrogens with zero attached hydrogens (tertiary/aromatic N) is 3. The third-order valence-electron chi connectivity index (χ3n) is 4.59. The van der Waals surface area contributed by atoms with E-state index in [0.29, 0.717) is 11.5 Å². The van der Waals surface area contributed by atoms with Crippen LogP contribution in [0.4, 0.5) is 5.69 Å². The Balaban J connectivity index is 1.75. The predicted molar refractivity (Wildman–Crippen MR) is 109 cm³/mol. The summed E-state index contributed by atoms with van der Waals surface area (Å²) in [7, 11) is 0. The molecule has 0 spiro atoms. The van der Waals surface area contributed by atoms with Gasteiger partial charge in [-0.15, -0.1) is 0 Å². The van der Waals surface area contributed by atoms with E-state index in [0.717, 1.165) is 21.9 Å². The van der Waals surface area contributed by atoms with Gasteiger partial charge in [0.1, 0.15) is 17.8 Å². The van der Waals surface area contributed by atoms with Crippen LogP contribution in [0.1, 0.15) is 11.1 Å². The van der Waals surface area contributed by atoms with Crippen molar-refractivity contribution in [2.24, 2.45) is 0 Å². The maximum absolute atomic E-state index is 11.8. The van der Waals surface area contributed by atoms with Crippen LogP contribution in [0.15, 0.2) is 67.0 Å². The Kier molecular flexibility index (Phi) is 4.78. The number of ether oxygens (including phenoxy) is 2. The zero-order valence-corrected chi connectivity index (χ0v) is 15.8. The molecule has 7 nitrogen and oxygen atoms in total. The molecule has 0 aliphatic heterocycles. The van der Waals surface area contributed by atoms with E-state index < -0.39 is 10.6 Å². The smallest absolute Gasteiger partial charge is 0.393 e. The second-order valence-corrected chi connectivity index (χ2v) is 6.52. The fraction of sp³-hybridized carbons (Fsp3) is 0.0909. The predicted octanol–water partition coefficient (Wildman–Crippen LogP) is 5.74. The molecule has 1 heterocycles. The van der Waals surface area contributed by atoms with Gasteiger partial charge in [0.2, 0.25) is 0 Å². The second kappa shape index (κ2) is 7.55. The molecule has 0 saturated heterocycles. The molecule has 0 radical (unpaired) electrons. The van der Waals surface area contributed by atoms with E-state index >= 15 is 0 Å². The zero-order valence-electron chi connectivity index (χ0n) is 15.8. The molecule has 4 aromatic rings. The molecule has 7 heteroatoms. The summed E-state index contributed by atoms with van der Waals surface area (Å²) in [5.74, 6) is 0.553. The summed E-state index contributed by atoms with van der Waals surface area (Å²) in [6, 6.07) is 18.5. The quantitative estimate of drug-likeness (QED) is 0.320. The Morgan fingerprint density at radius 1 is 0.862 bits per heavy atom. The van der Waals surface area contributed by atoms with Crippen molar-refractivity contribution in [3.05, 3.63) is 88.2 Å². The first-order valence-corrected chi connectivity index (χ1v) is 8.93. The summed E-state index contributed by atoms with van der Waals surface area (Å²) in [5.41, 5.74) is 1.67. The van der Waals surface area contributed by atoms with Gasteiger partial charge in [-0.25, -0.2) is 0 Å². The van der Waals surface area contributed by atoms with Crippen LogP contribution in [0.5, 0.6) is 23.3 Å². The SMILES string of the molecule is Cc1ccc(Oc2ncnc(Oc3cccc4ccccc34)c2[N+](=O)[O-])cc1C. The second-order valence-electron chi connectivity index (χ2n) is 6.52. The Labute approximate surface area is 166 Å². The van der Waals surface area contributed by atoms with Gasteiger partial charge >= 0.3 is 17.4 Å². The fourth-order valence-electron chi connectivity index (χ4n) is 2.93. The summed E-state index contributed by atoms with van der Waals surface area (Å²) in [6.07, 6.45) is 1.18. The number of benzene rings is 3. The highest BCUT2D eigenvalue weighted by Gasteiger charge is 2.27. The lowest BCUT2D eigenvalue weighted by Crippen LogP contribution is -2.01. The number of fused-ring (bicyclic) bond motifs is 1. The third kappa shape index (κ3) is 3.70. The monoisotopic (exact) mass is 387 g/mol. The van der Waals surface area contributed by atoms with Gasteiger partial charge in [-0.2, -0.15) is 9.97 Å². The number of aryl methyl sites for hydroxylation is 2. The van der Waals surface area contributed by atoms with Crippen LogP contribution in [0.2, 0.25) is 0 Å². The van der Waals surface area contributed by atoms with Gasteiger partial charge in [0.15, 0.2) is 0 Å². The molecule has 3 aromatic carbocycles. The highest BCUT2D eigenvalue weighted by Crippen LogP contribution is 2.39. The molecule has 0 N–H and O–H groups in total.